The average molecular weight is 321 g/mol. The third kappa shape index (κ3) is 2190. The molecule has 0 saturated carbocycles. The Bertz CT molecular complexity index is 130. The Hall–Kier alpha value is 0.828. The molecule has 0 saturated heterocycles. The van der Waals surface area contributed by atoms with Crippen LogP contribution in [0.25, 0.3) is 0 Å². The van der Waals surface area contributed by atoms with Crippen molar-refractivity contribution in [1.29, 1.82) is 0 Å². The van der Waals surface area contributed by atoms with Crippen molar-refractivity contribution in [1.82, 2.24) is 6.15 Å². The summed E-state index contributed by atoms with van der Waals surface area (Å²) in [6.45, 7) is 0. The summed E-state index contributed by atoms with van der Waals surface area (Å²) in [5.41, 5.74) is 0. The molecule has 86 valence electrons. The number of rotatable bonds is 0. The zero-order valence-corrected chi connectivity index (χ0v) is 9.57. The van der Waals surface area contributed by atoms with Gasteiger partial charge in [0, 0.05) is 21.1 Å². The van der Waals surface area contributed by atoms with Crippen LogP contribution >= 0.6 is 15.6 Å². The second kappa shape index (κ2) is 10.9. The van der Waals surface area contributed by atoms with Crippen molar-refractivity contribution in [2.75, 3.05) is 0 Å². The molecule has 0 aromatic rings. The van der Waals surface area contributed by atoms with Gasteiger partial charge in [0.2, 0.25) is 0 Å². The fourth-order valence-electron chi connectivity index (χ4n) is 0. The molecule has 0 aliphatic heterocycles. The number of hydrogen-bond donors (Lipinski definition) is 1. The summed E-state index contributed by atoms with van der Waals surface area (Å²) < 4.78 is 17.1. The summed E-state index contributed by atoms with van der Waals surface area (Å²) >= 11 is 0. The molecule has 0 rings (SSSR count). The van der Waals surface area contributed by atoms with Gasteiger partial charge in [-0.15, -0.1) is 0 Å². The first-order valence-electron chi connectivity index (χ1n) is 1.46. The first-order chi connectivity index (χ1) is 4.00. The molecule has 0 aliphatic carbocycles. The van der Waals surface area contributed by atoms with Crippen LogP contribution in [0, 0.1) is 0 Å². The first kappa shape index (κ1) is 29.2. The van der Waals surface area contributed by atoms with Gasteiger partial charge in [0.15, 0.2) is 0 Å². The van der Waals surface area contributed by atoms with Crippen LogP contribution in [0.2, 0.25) is 0 Å². The molecule has 0 radical (unpaired) electrons. The summed E-state index contributed by atoms with van der Waals surface area (Å²) in [5.74, 6) is 0. The fraction of sp³-hybridized carbons (Fsp3) is 0. The summed E-state index contributed by atoms with van der Waals surface area (Å²) in [7, 11) is -10.8. The summed E-state index contributed by atoms with van der Waals surface area (Å²) in [6.07, 6.45) is 0. The molecule has 0 heterocycles. The second-order valence-electron chi connectivity index (χ2n) is 0.894. The number of hydrogen-bond acceptors (Lipinski definition) is 9. The largest absolute Gasteiger partial charge is 0.822 e. The first-order valence-corrected chi connectivity index (χ1v) is 4.38. The third-order valence-electron chi connectivity index (χ3n) is 0. The molecular formula is H5MoNO9P2-6. The quantitative estimate of drug-likeness (QED) is 0.329. The van der Waals surface area contributed by atoms with E-state index in [0.29, 0.717) is 0 Å². The smallest absolute Gasteiger partial charge is 0 e. The topological polar surface area (TPSA) is 239 Å². The Labute approximate surface area is 87.2 Å². The van der Waals surface area contributed by atoms with Gasteiger partial charge < -0.3 is 50.1 Å². The van der Waals surface area contributed by atoms with Crippen molar-refractivity contribution in [2.24, 2.45) is 0 Å². The Morgan fingerprint density at radius 1 is 0.692 bits per heavy atom. The van der Waals surface area contributed by atoms with Crippen LogP contribution in [0.4, 0.5) is 0 Å². The third-order valence-corrected chi connectivity index (χ3v) is 0. The van der Waals surface area contributed by atoms with Crippen LogP contribution in [0.1, 0.15) is 0 Å². The van der Waals surface area contributed by atoms with Gasteiger partial charge in [-0.1, -0.05) is 0 Å². The van der Waals surface area contributed by atoms with Crippen LogP contribution in [0.3, 0.4) is 0 Å². The van der Waals surface area contributed by atoms with E-state index in [4.69, 9.17) is 38.5 Å². The van der Waals surface area contributed by atoms with E-state index in [0.717, 1.165) is 0 Å². The minimum atomic E-state index is -5.39. The van der Waals surface area contributed by atoms with Crippen molar-refractivity contribution in [3.05, 3.63) is 0 Å². The average Bonchev–Trinajstić information content (AvgIpc) is 1.12. The van der Waals surface area contributed by atoms with Crippen LogP contribution in [0.15, 0.2) is 0 Å². The Morgan fingerprint density at radius 2 is 0.692 bits per heavy atom. The van der Waals surface area contributed by atoms with Gasteiger partial charge in [-0.05, 0) is 0 Å². The van der Waals surface area contributed by atoms with Gasteiger partial charge >= 0.3 is 0 Å². The van der Waals surface area contributed by atoms with Gasteiger partial charge in [0.1, 0.15) is 0 Å². The molecule has 13 heavy (non-hydrogen) atoms. The molecule has 0 aromatic carbocycles. The van der Waals surface area contributed by atoms with E-state index in [-0.39, 0.29) is 32.7 Å². The Kier molecular flexibility index (Phi) is 24.5. The fourth-order valence-corrected chi connectivity index (χ4v) is 0. The predicted octanol–water partition coefficient (Wildman–Crippen LogP) is -6.31. The van der Waals surface area contributed by atoms with E-state index in [1.54, 1.807) is 0 Å². The van der Waals surface area contributed by atoms with Crippen LogP contribution in [-0.2, 0) is 30.2 Å². The molecule has 0 spiro atoms. The molecular weight excluding hydrogens is 316 g/mol. The predicted molar refractivity (Wildman–Crippen MR) is 23.8 cm³/mol. The summed E-state index contributed by atoms with van der Waals surface area (Å²) in [6, 6.07) is 0. The molecule has 0 atom stereocenters. The van der Waals surface area contributed by atoms with Crippen LogP contribution < -0.4 is 35.5 Å². The normalized spacial score (nSPS) is 9.08. The maximum atomic E-state index is 8.55. The van der Waals surface area contributed by atoms with E-state index in [9.17, 15) is 0 Å². The van der Waals surface area contributed by atoms with Crippen molar-refractivity contribution in [2.45, 2.75) is 0 Å². The van der Waals surface area contributed by atoms with Gasteiger partial charge in [-0.3, -0.25) is 0 Å². The van der Waals surface area contributed by atoms with Gasteiger partial charge in [0.25, 0.3) is 0 Å². The molecule has 0 fully saturated rings. The van der Waals surface area contributed by atoms with Crippen molar-refractivity contribution in [3.63, 3.8) is 0 Å². The molecule has 0 aliphatic rings. The van der Waals surface area contributed by atoms with Crippen molar-refractivity contribution >= 4 is 15.6 Å². The van der Waals surface area contributed by atoms with E-state index in [2.05, 4.69) is 0 Å². The SMILES string of the molecule is N.O.O=P([O-])([O-])[O-].O=P([O-])([O-])[O-].[Mo]. The minimum Gasteiger partial charge on any atom is -0.822 e. The Morgan fingerprint density at radius 3 is 0.692 bits per heavy atom. The van der Waals surface area contributed by atoms with Crippen molar-refractivity contribution in [3.8, 4) is 0 Å². The maximum absolute atomic E-state index is 8.55. The van der Waals surface area contributed by atoms with Gasteiger partial charge in [-0.2, -0.15) is 15.6 Å². The van der Waals surface area contributed by atoms with Crippen LogP contribution in [0.5, 0.6) is 0 Å². The monoisotopic (exact) mass is 323 g/mol. The van der Waals surface area contributed by atoms with E-state index in [1.807, 2.05) is 0 Å². The standard InChI is InChI=1S/Mo.H3N.2H3O4P.H2O/c;;2*1-5(2,3)4;/h;1H3;2*(H3,1,2,3,4);1H2/p-6. The summed E-state index contributed by atoms with van der Waals surface area (Å²) in [5, 5.41) is 0. The zero-order valence-electron chi connectivity index (χ0n) is 5.78. The van der Waals surface area contributed by atoms with Crippen LogP contribution in [-0.4, -0.2) is 5.48 Å². The maximum Gasteiger partial charge on any atom is 0 e. The summed E-state index contributed by atoms with van der Waals surface area (Å²) in [4.78, 5) is 51.3. The van der Waals surface area contributed by atoms with E-state index >= 15 is 0 Å². The second-order valence-corrected chi connectivity index (χ2v) is 2.68. The molecule has 5 N–H and O–H groups in total. The molecule has 0 bridgehead atoms. The van der Waals surface area contributed by atoms with E-state index < -0.39 is 15.6 Å². The molecule has 10 nitrogen and oxygen atoms in total. The molecule has 0 aromatic heterocycles. The zero-order chi connectivity index (χ0) is 9.00. The minimum absolute atomic E-state index is 0. The molecule has 0 unspecified atom stereocenters. The van der Waals surface area contributed by atoms with E-state index in [1.165, 1.54) is 0 Å². The Balaban J connectivity index is -0.0000000267. The van der Waals surface area contributed by atoms with Crippen molar-refractivity contribution < 1.29 is 65.0 Å². The van der Waals surface area contributed by atoms with Gasteiger partial charge in [0.05, 0.1) is 0 Å². The molecule has 0 amide bonds. The number of phosphoric acid groups is 2. The molecule has 13 heteroatoms. The van der Waals surface area contributed by atoms with Gasteiger partial charge in [-0.25, -0.2) is 0 Å².